The number of amides is 1. The number of likely N-dealkylation sites (tertiary alicyclic amines) is 1. The molecular weight excluding hydrogens is 287 g/mol. The zero-order chi connectivity index (χ0) is 16.1. The average molecular weight is 308 g/mol. The van der Waals surface area contributed by atoms with Gasteiger partial charge in [0.15, 0.2) is 0 Å². The van der Waals surface area contributed by atoms with Crippen LogP contribution in [0.5, 0.6) is 0 Å². The zero-order valence-electron chi connectivity index (χ0n) is 13.1. The van der Waals surface area contributed by atoms with Crippen LogP contribution in [0, 0.1) is 11.7 Å². The lowest BCUT2D eigenvalue weighted by Crippen LogP contribution is -2.50. The second-order valence-corrected chi connectivity index (χ2v) is 7.20. The lowest BCUT2D eigenvalue weighted by molar-refractivity contribution is 0.00980. The molecule has 2 aliphatic heterocycles. The number of fused-ring (bicyclic) bond motifs is 4. The minimum atomic E-state index is -0.552. The van der Waals surface area contributed by atoms with Crippen molar-refractivity contribution in [2.75, 3.05) is 13.1 Å². The van der Waals surface area contributed by atoms with Crippen molar-refractivity contribution in [3.63, 3.8) is 0 Å². The number of aromatic nitrogens is 1. The summed E-state index contributed by atoms with van der Waals surface area (Å²) in [6.45, 7) is 6.87. The smallest absolute Gasteiger partial charge is 0.410 e. The second-order valence-electron chi connectivity index (χ2n) is 7.20. The van der Waals surface area contributed by atoms with Crippen molar-refractivity contribution in [3.05, 3.63) is 34.0 Å². The monoisotopic (exact) mass is 308 g/mol. The van der Waals surface area contributed by atoms with Gasteiger partial charge in [0.05, 0.1) is 5.69 Å². The van der Waals surface area contributed by atoms with E-state index in [0.717, 1.165) is 6.42 Å². The van der Waals surface area contributed by atoms with E-state index in [1.54, 1.807) is 4.90 Å². The van der Waals surface area contributed by atoms with Crippen molar-refractivity contribution in [3.8, 4) is 0 Å². The molecule has 1 fully saturated rings. The Kier molecular flexibility index (Phi) is 3.50. The van der Waals surface area contributed by atoms with Crippen LogP contribution in [0.3, 0.4) is 0 Å². The van der Waals surface area contributed by atoms with Crippen LogP contribution in [-0.2, 0) is 11.3 Å². The van der Waals surface area contributed by atoms with Crippen molar-refractivity contribution in [2.45, 2.75) is 45.3 Å². The molecule has 0 N–H and O–H groups in total. The largest absolute Gasteiger partial charge is 0.444 e. The fourth-order valence-corrected chi connectivity index (χ4v) is 3.44. The van der Waals surface area contributed by atoms with Crippen LogP contribution in [0.4, 0.5) is 9.18 Å². The topological polar surface area (TPSA) is 51.5 Å². The van der Waals surface area contributed by atoms with Crippen LogP contribution in [0.15, 0.2) is 16.9 Å². The summed E-state index contributed by atoms with van der Waals surface area (Å²) < 4.78 is 21.1. The van der Waals surface area contributed by atoms with Crippen molar-refractivity contribution in [1.29, 1.82) is 0 Å². The van der Waals surface area contributed by atoms with Gasteiger partial charge in [-0.15, -0.1) is 0 Å². The molecule has 3 rings (SSSR count). The molecule has 3 heterocycles. The standard InChI is InChI=1S/C16H21FN2O3/c1-16(2,3)22-15(21)18-7-10-6-11(9-18)14-12(17)4-5-13(20)19(14)8-10/h4-5,10-11H,6-9H2,1-3H3. The third-order valence-corrected chi connectivity index (χ3v) is 4.19. The molecule has 1 aromatic heterocycles. The molecular formula is C16H21FN2O3. The van der Waals surface area contributed by atoms with Crippen LogP contribution >= 0.6 is 0 Å². The number of pyridine rings is 1. The van der Waals surface area contributed by atoms with Crippen LogP contribution in [0.1, 0.15) is 38.8 Å². The summed E-state index contributed by atoms with van der Waals surface area (Å²) in [6, 6.07) is 2.49. The van der Waals surface area contributed by atoms with Gasteiger partial charge in [-0.05, 0) is 39.2 Å². The summed E-state index contributed by atoms with van der Waals surface area (Å²) >= 11 is 0. The molecule has 5 nitrogen and oxygen atoms in total. The predicted molar refractivity (Wildman–Crippen MR) is 79.3 cm³/mol. The van der Waals surface area contributed by atoms with Gasteiger partial charge >= 0.3 is 6.09 Å². The first-order valence-electron chi connectivity index (χ1n) is 7.62. The van der Waals surface area contributed by atoms with E-state index in [1.807, 2.05) is 20.8 Å². The fourth-order valence-electron chi connectivity index (χ4n) is 3.44. The van der Waals surface area contributed by atoms with Crippen LogP contribution in [0.25, 0.3) is 0 Å². The van der Waals surface area contributed by atoms with Crippen molar-refractivity contribution >= 4 is 6.09 Å². The fraction of sp³-hybridized carbons (Fsp3) is 0.625. The second kappa shape index (κ2) is 5.11. The third-order valence-electron chi connectivity index (χ3n) is 4.19. The number of carbonyl (C=O) groups excluding carboxylic acids is 1. The molecule has 120 valence electrons. The van der Waals surface area contributed by atoms with Crippen molar-refractivity contribution in [2.24, 2.45) is 5.92 Å². The first-order valence-corrected chi connectivity index (χ1v) is 7.62. The number of hydrogen-bond acceptors (Lipinski definition) is 3. The molecule has 22 heavy (non-hydrogen) atoms. The molecule has 0 aromatic carbocycles. The molecule has 0 spiro atoms. The van der Waals surface area contributed by atoms with E-state index in [2.05, 4.69) is 0 Å². The number of ether oxygens (including phenoxy) is 1. The molecule has 0 radical (unpaired) electrons. The Morgan fingerprint density at radius 1 is 1.27 bits per heavy atom. The van der Waals surface area contributed by atoms with Gasteiger partial charge in [-0.3, -0.25) is 4.79 Å². The van der Waals surface area contributed by atoms with Crippen LogP contribution < -0.4 is 5.56 Å². The highest BCUT2D eigenvalue weighted by molar-refractivity contribution is 5.68. The van der Waals surface area contributed by atoms with E-state index in [0.29, 0.717) is 25.3 Å². The Hall–Kier alpha value is -1.85. The van der Waals surface area contributed by atoms with E-state index < -0.39 is 5.60 Å². The van der Waals surface area contributed by atoms with E-state index in [9.17, 15) is 14.0 Å². The summed E-state index contributed by atoms with van der Waals surface area (Å²) in [6.07, 6.45) is 0.439. The van der Waals surface area contributed by atoms with Gasteiger partial charge in [0.1, 0.15) is 11.4 Å². The molecule has 1 aromatic rings. The summed E-state index contributed by atoms with van der Waals surface area (Å²) in [5.74, 6) is -0.346. The molecule has 0 saturated carbocycles. The van der Waals surface area contributed by atoms with Gasteiger partial charge in [-0.25, -0.2) is 9.18 Å². The lowest BCUT2D eigenvalue weighted by Gasteiger charge is -2.42. The van der Waals surface area contributed by atoms with Gasteiger partial charge in [-0.2, -0.15) is 0 Å². The van der Waals surface area contributed by atoms with Crippen molar-refractivity contribution < 1.29 is 13.9 Å². The maximum Gasteiger partial charge on any atom is 0.410 e. The van der Waals surface area contributed by atoms with E-state index in [-0.39, 0.29) is 29.3 Å². The predicted octanol–water partition coefficient (Wildman–Crippen LogP) is 2.34. The quantitative estimate of drug-likeness (QED) is 0.739. The molecule has 2 unspecified atom stereocenters. The molecule has 2 bridgehead atoms. The zero-order valence-corrected chi connectivity index (χ0v) is 13.1. The summed E-state index contributed by atoms with van der Waals surface area (Å²) in [7, 11) is 0. The molecule has 2 atom stereocenters. The summed E-state index contributed by atoms with van der Waals surface area (Å²) in [4.78, 5) is 25.8. The lowest BCUT2D eigenvalue weighted by atomic mass is 9.83. The molecule has 1 amide bonds. The number of piperidine rings is 1. The third kappa shape index (κ3) is 2.74. The molecule has 0 aliphatic carbocycles. The minimum Gasteiger partial charge on any atom is -0.444 e. The molecule has 2 aliphatic rings. The van der Waals surface area contributed by atoms with E-state index >= 15 is 0 Å². The minimum absolute atomic E-state index is 0.145. The highest BCUT2D eigenvalue weighted by Gasteiger charge is 2.39. The van der Waals surface area contributed by atoms with Gasteiger partial charge < -0.3 is 14.2 Å². The summed E-state index contributed by atoms with van der Waals surface area (Å²) in [5.41, 5.74) is -0.294. The number of rotatable bonds is 0. The van der Waals surface area contributed by atoms with Gasteiger partial charge in [0, 0.05) is 31.6 Å². The Balaban J connectivity index is 1.87. The Bertz CT molecular complexity index is 662. The maximum atomic E-state index is 14.1. The first kappa shape index (κ1) is 15.1. The Morgan fingerprint density at radius 2 is 2.00 bits per heavy atom. The number of carbonyl (C=O) groups is 1. The number of halogens is 1. The van der Waals surface area contributed by atoms with Gasteiger partial charge in [-0.1, -0.05) is 0 Å². The van der Waals surface area contributed by atoms with Crippen LogP contribution in [-0.4, -0.2) is 34.3 Å². The van der Waals surface area contributed by atoms with E-state index in [1.165, 1.54) is 16.7 Å². The summed E-state index contributed by atoms with van der Waals surface area (Å²) in [5, 5.41) is 0. The van der Waals surface area contributed by atoms with Gasteiger partial charge in [0.2, 0.25) is 0 Å². The van der Waals surface area contributed by atoms with E-state index in [4.69, 9.17) is 4.74 Å². The van der Waals surface area contributed by atoms with Crippen LogP contribution in [0.2, 0.25) is 0 Å². The highest BCUT2D eigenvalue weighted by Crippen LogP contribution is 2.36. The average Bonchev–Trinajstić information content (AvgIpc) is 2.40. The van der Waals surface area contributed by atoms with Gasteiger partial charge in [0.25, 0.3) is 5.56 Å². The first-order chi connectivity index (χ1) is 10.2. The SMILES string of the molecule is CC(C)(C)OC(=O)N1CC2CC(C1)c1c(F)ccc(=O)n1C2. The Labute approximate surface area is 128 Å². The molecule has 1 saturated heterocycles. The highest BCUT2D eigenvalue weighted by atomic mass is 19.1. The normalized spacial score (nSPS) is 23.9. The molecule has 6 heteroatoms. The number of hydrogen-bond donors (Lipinski definition) is 0. The van der Waals surface area contributed by atoms with Crippen molar-refractivity contribution in [1.82, 2.24) is 9.47 Å². The number of nitrogens with zero attached hydrogens (tertiary/aromatic N) is 2. The maximum absolute atomic E-state index is 14.1. The Morgan fingerprint density at radius 3 is 2.68 bits per heavy atom.